The molecule has 3 heteroatoms. The highest BCUT2D eigenvalue weighted by Gasteiger charge is 2.16. The summed E-state index contributed by atoms with van der Waals surface area (Å²) in [6, 6.07) is 8.93. The summed E-state index contributed by atoms with van der Waals surface area (Å²) in [5.41, 5.74) is 0.676. The van der Waals surface area contributed by atoms with Crippen LogP contribution in [0.2, 0.25) is 0 Å². The van der Waals surface area contributed by atoms with Crippen LogP contribution >= 0.6 is 0 Å². The molecule has 0 saturated heterocycles. The molecule has 2 atom stereocenters. The molecule has 86 valence electrons. The molecule has 2 unspecified atom stereocenters. The molecule has 0 bridgehead atoms. The molecule has 0 saturated carbocycles. The minimum Gasteiger partial charge on any atom is -0.298 e. The molecule has 0 amide bonds. The highest BCUT2D eigenvalue weighted by Crippen LogP contribution is 2.21. The third kappa shape index (κ3) is 3.04. The van der Waals surface area contributed by atoms with Gasteiger partial charge in [-0.05, 0) is 27.0 Å². The molecule has 0 aromatic heterocycles. The Labute approximate surface area is 96.3 Å². The fraction of sp³-hybridized carbons (Fsp3) is 0.462. The molecule has 16 heavy (non-hydrogen) atoms. The maximum Gasteiger partial charge on any atom is 0.127 e. The molecular weight excluding hydrogens is 203 g/mol. The Kier molecular flexibility index (Phi) is 4.45. The number of hydrogen-bond acceptors (Lipinski definition) is 2. The van der Waals surface area contributed by atoms with Crippen LogP contribution in [0.1, 0.15) is 25.5 Å². The largest absolute Gasteiger partial charge is 0.298 e. The zero-order chi connectivity index (χ0) is 12.1. The molecule has 2 nitrogen and oxygen atoms in total. The predicted molar refractivity (Wildman–Crippen MR) is 62.2 cm³/mol. The second-order valence-electron chi connectivity index (χ2n) is 4.17. The first-order valence-electron chi connectivity index (χ1n) is 5.40. The van der Waals surface area contributed by atoms with Gasteiger partial charge in [0.2, 0.25) is 0 Å². The Bertz CT molecular complexity index is 384. The number of benzene rings is 1. The van der Waals surface area contributed by atoms with Crippen LogP contribution in [0.4, 0.5) is 4.39 Å². The van der Waals surface area contributed by atoms with Crippen molar-refractivity contribution in [1.82, 2.24) is 4.90 Å². The van der Waals surface area contributed by atoms with Crippen molar-refractivity contribution >= 4 is 0 Å². The van der Waals surface area contributed by atoms with Gasteiger partial charge in [0.05, 0.1) is 12.0 Å². The predicted octanol–water partition coefficient (Wildman–Crippen LogP) is 2.98. The second-order valence-corrected chi connectivity index (χ2v) is 4.17. The van der Waals surface area contributed by atoms with Gasteiger partial charge in [-0.3, -0.25) is 4.90 Å². The molecule has 0 aliphatic heterocycles. The lowest BCUT2D eigenvalue weighted by Gasteiger charge is -2.26. The van der Waals surface area contributed by atoms with Gasteiger partial charge in [-0.2, -0.15) is 5.26 Å². The summed E-state index contributed by atoms with van der Waals surface area (Å²) in [6.45, 7) is 4.46. The Morgan fingerprint density at radius 3 is 2.56 bits per heavy atom. The first kappa shape index (κ1) is 12.7. The van der Waals surface area contributed by atoms with Crippen LogP contribution in [0.15, 0.2) is 24.3 Å². The third-order valence-electron chi connectivity index (χ3n) is 2.80. The van der Waals surface area contributed by atoms with Crippen molar-refractivity contribution < 1.29 is 4.39 Å². The van der Waals surface area contributed by atoms with Crippen LogP contribution in [0.3, 0.4) is 0 Å². The summed E-state index contributed by atoms with van der Waals surface area (Å²) < 4.78 is 13.5. The van der Waals surface area contributed by atoms with E-state index in [1.807, 2.05) is 31.9 Å². The zero-order valence-electron chi connectivity index (χ0n) is 9.94. The Balaban J connectivity index is 2.75. The van der Waals surface area contributed by atoms with E-state index in [-0.39, 0.29) is 17.8 Å². The molecule has 0 aliphatic carbocycles. The van der Waals surface area contributed by atoms with Gasteiger partial charge in [0.15, 0.2) is 0 Å². The summed E-state index contributed by atoms with van der Waals surface area (Å²) in [5.74, 6) is -0.231. The minimum absolute atomic E-state index is 0.0167. The number of nitrogens with zero attached hydrogens (tertiary/aromatic N) is 2. The van der Waals surface area contributed by atoms with E-state index in [9.17, 15) is 4.39 Å². The van der Waals surface area contributed by atoms with Gasteiger partial charge in [-0.15, -0.1) is 0 Å². The van der Waals surface area contributed by atoms with Crippen molar-refractivity contribution in [2.24, 2.45) is 5.92 Å². The van der Waals surface area contributed by atoms with E-state index in [0.717, 1.165) is 0 Å². The number of halogens is 1. The van der Waals surface area contributed by atoms with Gasteiger partial charge in [-0.1, -0.05) is 18.2 Å². The average Bonchev–Trinajstić information content (AvgIpc) is 2.28. The summed E-state index contributed by atoms with van der Waals surface area (Å²) in [7, 11) is 1.91. The number of rotatable bonds is 4. The number of hydrogen-bond donors (Lipinski definition) is 0. The molecule has 0 aliphatic rings. The van der Waals surface area contributed by atoms with E-state index in [1.165, 1.54) is 6.07 Å². The lowest BCUT2D eigenvalue weighted by molar-refractivity contribution is 0.239. The number of nitriles is 1. The van der Waals surface area contributed by atoms with Gasteiger partial charge in [0.25, 0.3) is 0 Å². The first-order chi connectivity index (χ1) is 7.56. The van der Waals surface area contributed by atoms with E-state index in [1.54, 1.807) is 12.1 Å². The molecule has 0 fully saturated rings. The van der Waals surface area contributed by atoms with E-state index in [4.69, 9.17) is 5.26 Å². The van der Waals surface area contributed by atoms with Crippen LogP contribution < -0.4 is 0 Å². The van der Waals surface area contributed by atoms with Gasteiger partial charge in [0.1, 0.15) is 5.82 Å². The smallest absolute Gasteiger partial charge is 0.127 e. The summed E-state index contributed by atoms with van der Waals surface area (Å²) in [4.78, 5) is 1.99. The summed E-state index contributed by atoms with van der Waals surface area (Å²) >= 11 is 0. The molecule has 0 radical (unpaired) electrons. The van der Waals surface area contributed by atoms with Gasteiger partial charge >= 0.3 is 0 Å². The molecule has 1 rings (SSSR count). The van der Waals surface area contributed by atoms with E-state index in [0.29, 0.717) is 12.1 Å². The molecule has 0 heterocycles. The highest BCUT2D eigenvalue weighted by molar-refractivity contribution is 5.20. The third-order valence-corrected chi connectivity index (χ3v) is 2.80. The summed E-state index contributed by atoms with van der Waals surface area (Å²) in [6.07, 6.45) is 0. The standard InChI is InChI=1S/C13H17FN2/c1-10(8-15)9-16(3)11(2)12-6-4-5-7-13(12)14/h4-7,10-11H,9H2,1-3H3. The van der Waals surface area contributed by atoms with Crippen LogP contribution in [-0.2, 0) is 0 Å². The Hall–Kier alpha value is -1.40. The molecule has 0 spiro atoms. The fourth-order valence-corrected chi connectivity index (χ4v) is 1.68. The average molecular weight is 220 g/mol. The van der Waals surface area contributed by atoms with Crippen molar-refractivity contribution in [3.8, 4) is 6.07 Å². The SMILES string of the molecule is CC(C#N)CN(C)C(C)c1ccccc1F. The molecular formula is C13H17FN2. The van der Waals surface area contributed by atoms with E-state index < -0.39 is 0 Å². The van der Waals surface area contributed by atoms with Gasteiger partial charge in [-0.25, -0.2) is 4.39 Å². The maximum atomic E-state index is 13.5. The fourth-order valence-electron chi connectivity index (χ4n) is 1.68. The zero-order valence-corrected chi connectivity index (χ0v) is 9.94. The van der Waals surface area contributed by atoms with Crippen molar-refractivity contribution in [2.45, 2.75) is 19.9 Å². The van der Waals surface area contributed by atoms with Gasteiger partial charge in [0, 0.05) is 18.2 Å². The lowest BCUT2D eigenvalue weighted by atomic mass is 10.1. The van der Waals surface area contributed by atoms with E-state index >= 15 is 0 Å². The molecule has 0 N–H and O–H groups in total. The van der Waals surface area contributed by atoms with Crippen molar-refractivity contribution in [3.05, 3.63) is 35.6 Å². The monoisotopic (exact) mass is 220 g/mol. The second kappa shape index (κ2) is 5.62. The Morgan fingerprint density at radius 1 is 1.38 bits per heavy atom. The molecule has 1 aromatic carbocycles. The normalized spacial score (nSPS) is 14.5. The summed E-state index contributed by atoms with van der Waals surface area (Å²) in [5, 5.41) is 8.74. The van der Waals surface area contributed by atoms with Crippen molar-refractivity contribution in [1.29, 1.82) is 5.26 Å². The first-order valence-corrected chi connectivity index (χ1v) is 5.40. The van der Waals surface area contributed by atoms with Crippen molar-refractivity contribution in [2.75, 3.05) is 13.6 Å². The quantitative estimate of drug-likeness (QED) is 0.780. The minimum atomic E-state index is -0.188. The van der Waals surface area contributed by atoms with Crippen LogP contribution in [0, 0.1) is 23.1 Å². The van der Waals surface area contributed by atoms with Crippen LogP contribution in [-0.4, -0.2) is 18.5 Å². The highest BCUT2D eigenvalue weighted by atomic mass is 19.1. The van der Waals surface area contributed by atoms with E-state index in [2.05, 4.69) is 6.07 Å². The topological polar surface area (TPSA) is 27.0 Å². The molecule has 1 aromatic rings. The maximum absolute atomic E-state index is 13.5. The van der Waals surface area contributed by atoms with Crippen LogP contribution in [0.5, 0.6) is 0 Å². The van der Waals surface area contributed by atoms with Crippen molar-refractivity contribution in [3.63, 3.8) is 0 Å². The Morgan fingerprint density at radius 2 is 2.00 bits per heavy atom. The lowest BCUT2D eigenvalue weighted by Crippen LogP contribution is -2.27. The van der Waals surface area contributed by atoms with Gasteiger partial charge < -0.3 is 0 Å². The van der Waals surface area contributed by atoms with Crippen LogP contribution in [0.25, 0.3) is 0 Å².